The molecule has 1 aromatic heterocycles. The van der Waals surface area contributed by atoms with Crippen molar-refractivity contribution in [2.75, 3.05) is 24.5 Å². The molecule has 1 N–H and O–H groups in total. The van der Waals surface area contributed by atoms with Crippen molar-refractivity contribution in [3.8, 4) is 11.6 Å². The van der Waals surface area contributed by atoms with Crippen LogP contribution in [0.25, 0.3) is 0 Å². The molecule has 0 radical (unpaired) electrons. The number of carbonyl (C=O) groups is 1. The molecule has 2 aromatic rings. The number of carbonyl (C=O) groups excluding carboxylic acids is 1. The summed E-state index contributed by atoms with van der Waals surface area (Å²) in [5.41, 5.74) is 0. The Labute approximate surface area is 120 Å². The molecule has 1 aliphatic heterocycles. The number of anilines is 1. The number of rotatable bonds is 3. The minimum absolute atomic E-state index is 0.0605. The first-order valence-corrected chi connectivity index (χ1v) is 6.49. The number of nitrogens with zero attached hydrogens (tertiary/aromatic N) is 3. The molecule has 7 heteroatoms. The average molecular weight is 288 g/mol. The fourth-order valence-corrected chi connectivity index (χ4v) is 1.97. The van der Waals surface area contributed by atoms with Gasteiger partial charge in [0.05, 0.1) is 6.54 Å². The highest BCUT2D eigenvalue weighted by Crippen LogP contribution is 2.21. The Morgan fingerprint density at radius 1 is 1.24 bits per heavy atom. The molecule has 0 aliphatic carbocycles. The van der Waals surface area contributed by atoms with Crippen molar-refractivity contribution in [2.24, 2.45) is 0 Å². The molecular formula is C14H13FN4O2. The highest BCUT2D eigenvalue weighted by Gasteiger charge is 2.18. The molecule has 108 valence electrons. The molecule has 2 heterocycles. The number of amides is 1. The number of hydrogen-bond donors (Lipinski definition) is 1. The summed E-state index contributed by atoms with van der Waals surface area (Å²) in [5.74, 6) is 0.874. The third-order valence-electron chi connectivity index (χ3n) is 2.97. The van der Waals surface area contributed by atoms with Gasteiger partial charge in [-0.1, -0.05) is 0 Å². The van der Waals surface area contributed by atoms with Crippen molar-refractivity contribution in [3.63, 3.8) is 0 Å². The SMILES string of the molecule is O=C1CN(c2nccc(Oc3ccc(F)cc3)n2)CCN1. The number of benzene rings is 1. The quantitative estimate of drug-likeness (QED) is 0.923. The summed E-state index contributed by atoms with van der Waals surface area (Å²) in [6.07, 6.45) is 1.56. The van der Waals surface area contributed by atoms with Gasteiger partial charge >= 0.3 is 0 Å². The van der Waals surface area contributed by atoms with Crippen molar-refractivity contribution in [3.05, 3.63) is 42.3 Å². The summed E-state index contributed by atoms with van der Waals surface area (Å²) in [7, 11) is 0. The molecule has 0 unspecified atom stereocenters. The van der Waals surface area contributed by atoms with Crippen LogP contribution in [0.2, 0.25) is 0 Å². The van der Waals surface area contributed by atoms with Gasteiger partial charge in [-0.05, 0) is 24.3 Å². The predicted octanol–water partition coefficient (Wildman–Crippen LogP) is 1.34. The molecule has 1 aliphatic rings. The summed E-state index contributed by atoms with van der Waals surface area (Å²) < 4.78 is 18.4. The number of halogens is 1. The second-order valence-corrected chi connectivity index (χ2v) is 4.52. The number of aromatic nitrogens is 2. The largest absolute Gasteiger partial charge is 0.439 e. The van der Waals surface area contributed by atoms with E-state index >= 15 is 0 Å². The fourth-order valence-electron chi connectivity index (χ4n) is 1.97. The first-order chi connectivity index (χ1) is 10.2. The van der Waals surface area contributed by atoms with Crippen molar-refractivity contribution >= 4 is 11.9 Å². The molecule has 0 saturated carbocycles. The predicted molar refractivity (Wildman–Crippen MR) is 73.7 cm³/mol. The normalized spacial score (nSPS) is 14.7. The van der Waals surface area contributed by atoms with Crippen LogP contribution < -0.4 is 15.0 Å². The lowest BCUT2D eigenvalue weighted by Crippen LogP contribution is -2.48. The zero-order valence-corrected chi connectivity index (χ0v) is 11.1. The van der Waals surface area contributed by atoms with Crippen LogP contribution in [0.5, 0.6) is 11.6 Å². The average Bonchev–Trinajstić information content (AvgIpc) is 2.50. The van der Waals surface area contributed by atoms with Gasteiger partial charge in [0.1, 0.15) is 11.6 Å². The highest BCUT2D eigenvalue weighted by molar-refractivity contribution is 5.81. The maximum atomic E-state index is 12.8. The Hall–Kier alpha value is -2.70. The zero-order chi connectivity index (χ0) is 14.7. The van der Waals surface area contributed by atoms with Crippen molar-refractivity contribution in [1.29, 1.82) is 0 Å². The van der Waals surface area contributed by atoms with Gasteiger partial charge in [0.2, 0.25) is 17.7 Å². The Bertz CT molecular complexity index is 648. The van der Waals surface area contributed by atoms with Crippen molar-refractivity contribution < 1.29 is 13.9 Å². The summed E-state index contributed by atoms with van der Waals surface area (Å²) in [4.78, 5) is 21.6. The van der Waals surface area contributed by atoms with Crippen LogP contribution in [0.1, 0.15) is 0 Å². The smallest absolute Gasteiger partial charge is 0.239 e. The Morgan fingerprint density at radius 2 is 2.05 bits per heavy atom. The van der Waals surface area contributed by atoms with Crippen LogP contribution in [-0.4, -0.2) is 35.5 Å². The van der Waals surface area contributed by atoms with Crippen molar-refractivity contribution in [1.82, 2.24) is 15.3 Å². The Kier molecular flexibility index (Phi) is 3.63. The van der Waals surface area contributed by atoms with Gasteiger partial charge in [0.25, 0.3) is 0 Å². The van der Waals surface area contributed by atoms with E-state index < -0.39 is 0 Å². The second-order valence-electron chi connectivity index (χ2n) is 4.52. The van der Waals surface area contributed by atoms with E-state index in [1.807, 2.05) is 0 Å². The molecule has 21 heavy (non-hydrogen) atoms. The summed E-state index contributed by atoms with van der Waals surface area (Å²) in [6, 6.07) is 7.27. The third kappa shape index (κ3) is 3.25. The summed E-state index contributed by atoms with van der Waals surface area (Å²) in [5, 5.41) is 2.74. The van der Waals surface area contributed by atoms with Crippen LogP contribution in [0.4, 0.5) is 10.3 Å². The molecule has 0 atom stereocenters. The van der Waals surface area contributed by atoms with Crippen LogP contribution in [0.15, 0.2) is 36.5 Å². The third-order valence-corrected chi connectivity index (χ3v) is 2.97. The van der Waals surface area contributed by atoms with E-state index in [4.69, 9.17) is 4.74 Å². The number of nitrogens with one attached hydrogen (secondary N) is 1. The lowest BCUT2D eigenvalue weighted by molar-refractivity contribution is -0.120. The lowest BCUT2D eigenvalue weighted by atomic mass is 10.3. The summed E-state index contributed by atoms with van der Waals surface area (Å²) in [6.45, 7) is 1.43. The minimum atomic E-state index is -0.329. The van der Waals surface area contributed by atoms with E-state index in [1.165, 1.54) is 24.3 Å². The van der Waals surface area contributed by atoms with E-state index in [-0.39, 0.29) is 18.3 Å². The van der Waals surface area contributed by atoms with Crippen molar-refractivity contribution in [2.45, 2.75) is 0 Å². The lowest BCUT2D eigenvalue weighted by Gasteiger charge is -2.26. The van der Waals surface area contributed by atoms with E-state index in [2.05, 4.69) is 15.3 Å². The standard InChI is InChI=1S/C14H13FN4O2/c15-10-1-3-11(4-2-10)21-13-5-6-17-14(18-13)19-8-7-16-12(20)9-19/h1-6H,7-9H2,(H,16,20). The molecule has 1 amide bonds. The fraction of sp³-hybridized carbons (Fsp3) is 0.214. The topological polar surface area (TPSA) is 67.4 Å². The molecule has 1 fully saturated rings. The van der Waals surface area contributed by atoms with Gasteiger partial charge in [-0.15, -0.1) is 0 Å². The van der Waals surface area contributed by atoms with E-state index in [1.54, 1.807) is 17.2 Å². The molecule has 0 spiro atoms. The van der Waals surface area contributed by atoms with E-state index in [9.17, 15) is 9.18 Å². The van der Waals surface area contributed by atoms with E-state index in [0.29, 0.717) is 30.7 Å². The highest BCUT2D eigenvalue weighted by atomic mass is 19.1. The van der Waals surface area contributed by atoms with Gasteiger partial charge in [-0.2, -0.15) is 4.98 Å². The van der Waals surface area contributed by atoms with Crippen LogP contribution in [0, 0.1) is 5.82 Å². The van der Waals surface area contributed by atoms with Gasteiger partial charge in [-0.3, -0.25) is 4.79 Å². The van der Waals surface area contributed by atoms with E-state index in [0.717, 1.165) is 0 Å². The van der Waals surface area contributed by atoms with Gasteiger partial charge in [0, 0.05) is 25.4 Å². The van der Waals surface area contributed by atoms with Gasteiger partial charge in [-0.25, -0.2) is 9.37 Å². The Balaban J connectivity index is 1.76. The first kappa shape index (κ1) is 13.3. The van der Waals surface area contributed by atoms with Gasteiger partial charge in [0.15, 0.2) is 0 Å². The monoisotopic (exact) mass is 288 g/mol. The molecule has 1 saturated heterocycles. The molecule has 6 nitrogen and oxygen atoms in total. The maximum absolute atomic E-state index is 12.8. The summed E-state index contributed by atoms with van der Waals surface area (Å²) >= 11 is 0. The molecule has 1 aromatic carbocycles. The van der Waals surface area contributed by atoms with Crippen LogP contribution in [0.3, 0.4) is 0 Å². The maximum Gasteiger partial charge on any atom is 0.239 e. The number of ether oxygens (including phenoxy) is 1. The first-order valence-electron chi connectivity index (χ1n) is 6.49. The molecule has 3 rings (SSSR count). The molecule has 0 bridgehead atoms. The van der Waals surface area contributed by atoms with Crippen LogP contribution >= 0.6 is 0 Å². The molecular weight excluding hydrogens is 275 g/mol. The number of hydrogen-bond acceptors (Lipinski definition) is 5. The van der Waals surface area contributed by atoms with Crippen LogP contribution in [-0.2, 0) is 4.79 Å². The zero-order valence-electron chi connectivity index (χ0n) is 11.1. The Morgan fingerprint density at radius 3 is 2.81 bits per heavy atom. The minimum Gasteiger partial charge on any atom is -0.439 e. The van der Waals surface area contributed by atoms with Gasteiger partial charge < -0.3 is 15.0 Å². The second kappa shape index (κ2) is 5.74. The number of piperazine rings is 1.